The minimum atomic E-state index is -0.0691. The highest BCUT2D eigenvalue weighted by Crippen LogP contribution is 2.33. The molecule has 3 rings (SSSR count). The van der Waals surface area contributed by atoms with Gasteiger partial charge in [-0.15, -0.1) is 0 Å². The number of nitrogens with one attached hydrogen (secondary N) is 1. The van der Waals surface area contributed by atoms with Crippen molar-refractivity contribution in [2.75, 3.05) is 25.5 Å². The predicted molar refractivity (Wildman–Crippen MR) is 101 cm³/mol. The fourth-order valence-electron chi connectivity index (χ4n) is 3.25. The zero-order valence-electron chi connectivity index (χ0n) is 16.5. The summed E-state index contributed by atoms with van der Waals surface area (Å²) in [6, 6.07) is 3.82. The molecule has 1 N–H and O–H groups in total. The zero-order valence-corrected chi connectivity index (χ0v) is 16.5. The number of hydrogen-bond acceptors (Lipinski definition) is 5. The number of anilines is 1. The van der Waals surface area contributed by atoms with Gasteiger partial charge in [0.05, 0.1) is 11.7 Å². The van der Waals surface area contributed by atoms with Gasteiger partial charge in [0, 0.05) is 37.8 Å². The number of aromatic amines is 1. The number of amides is 1. The Hall–Kier alpha value is -2.44. The van der Waals surface area contributed by atoms with E-state index in [1.807, 2.05) is 43.0 Å². The summed E-state index contributed by atoms with van der Waals surface area (Å²) in [5.41, 5.74) is 2.27. The molecule has 0 aliphatic carbocycles. The smallest absolute Gasteiger partial charge is 0.274 e. The van der Waals surface area contributed by atoms with Crippen molar-refractivity contribution in [3.63, 3.8) is 0 Å². The van der Waals surface area contributed by atoms with Crippen LogP contribution in [0.15, 0.2) is 12.1 Å². The number of aryl methyl sites for hydroxylation is 1. The van der Waals surface area contributed by atoms with Crippen LogP contribution in [0, 0.1) is 6.92 Å². The molecule has 2 aromatic rings. The zero-order chi connectivity index (χ0) is 19.1. The third-order valence-corrected chi connectivity index (χ3v) is 4.76. The first-order valence-corrected chi connectivity index (χ1v) is 9.06. The molecule has 0 radical (unpaired) electrons. The molecule has 3 heterocycles. The van der Waals surface area contributed by atoms with E-state index in [0.29, 0.717) is 5.69 Å². The van der Waals surface area contributed by atoms with E-state index in [2.05, 4.69) is 40.9 Å². The van der Waals surface area contributed by atoms with Crippen LogP contribution < -0.4 is 4.90 Å². The van der Waals surface area contributed by atoms with Crippen LogP contribution in [0.5, 0.6) is 0 Å². The molecule has 140 valence electrons. The number of H-pyrrole nitrogens is 1. The van der Waals surface area contributed by atoms with Gasteiger partial charge in [-0.1, -0.05) is 20.8 Å². The molecule has 0 bridgehead atoms. The van der Waals surface area contributed by atoms with Crippen molar-refractivity contribution < 1.29 is 4.79 Å². The van der Waals surface area contributed by atoms with Gasteiger partial charge in [0.2, 0.25) is 0 Å². The summed E-state index contributed by atoms with van der Waals surface area (Å²) >= 11 is 0. The average Bonchev–Trinajstić information content (AvgIpc) is 3.22. The molecular formula is C19H28N6O. The quantitative estimate of drug-likeness (QED) is 0.915. The summed E-state index contributed by atoms with van der Waals surface area (Å²) < 4.78 is 0. The lowest BCUT2D eigenvalue weighted by atomic mass is 9.92. The maximum Gasteiger partial charge on any atom is 0.274 e. The van der Waals surface area contributed by atoms with Crippen LogP contribution in [0.1, 0.15) is 67.4 Å². The van der Waals surface area contributed by atoms with Crippen molar-refractivity contribution in [2.45, 2.75) is 52.0 Å². The number of aromatic nitrogens is 4. The Bertz CT molecular complexity index is 805. The molecule has 1 aliphatic heterocycles. The third-order valence-electron chi connectivity index (χ3n) is 4.76. The molecule has 2 aromatic heterocycles. The highest BCUT2D eigenvalue weighted by atomic mass is 16.2. The second-order valence-corrected chi connectivity index (χ2v) is 8.17. The number of carbonyl (C=O) groups excluding carboxylic acids is 1. The molecule has 0 spiro atoms. The number of rotatable bonds is 3. The van der Waals surface area contributed by atoms with Crippen LogP contribution in [-0.2, 0) is 5.41 Å². The standard InChI is InChI=1S/C19H28N6O/c1-12-20-13(11-17(21-12)24(5)6)15-8-7-9-25(15)18(26)14-10-16(23-22-14)19(2,3)4/h10-11,15H,7-9H2,1-6H3,(H,22,23)/t15-/m0/s1. The van der Waals surface area contributed by atoms with E-state index in [9.17, 15) is 4.79 Å². The van der Waals surface area contributed by atoms with E-state index >= 15 is 0 Å². The Labute approximate surface area is 154 Å². The van der Waals surface area contributed by atoms with Crippen LogP contribution in [0.3, 0.4) is 0 Å². The fraction of sp³-hybridized carbons (Fsp3) is 0.579. The van der Waals surface area contributed by atoms with Crippen molar-refractivity contribution in [3.8, 4) is 0 Å². The highest BCUT2D eigenvalue weighted by molar-refractivity contribution is 5.93. The molecule has 26 heavy (non-hydrogen) atoms. The van der Waals surface area contributed by atoms with E-state index in [4.69, 9.17) is 0 Å². The highest BCUT2D eigenvalue weighted by Gasteiger charge is 2.33. The van der Waals surface area contributed by atoms with Crippen molar-refractivity contribution in [3.05, 3.63) is 35.0 Å². The van der Waals surface area contributed by atoms with Crippen LogP contribution in [0.25, 0.3) is 0 Å². The fourth-order valence-corrected chi connectivity index (χ4v) is 3.25. The number of likely N-dealkylation sites (tertiary alicyclic amines) is 1. The molecule has 1 aliphatic rings. The largest absolute Gasteiger partial charge is 0.363 e. The van der Waals surface area contributed by atoms with Crippen LogP contribution in [0.2, 0.25) is 0 Å². The van der Waals surface area contributed by atoms with Crippen molar-refractivity contribution in [1.29, 1.82) is 0 Å². The van der Waals surface area contributed by atoms with E-state index in [1.165, 1.54) is 0 Å². The molecule has 1 amide bonds. The molecule has 1 fully saturated rings. The Morgan fingerprint density at radius 1 is 1.27 bits per heavy atom. The van der Waals surface area contributed by atoms with Crippen LogP contribution in [0.4, 0.5) is 5.82 Å². The Morgan fingerprint density at radius 3 is 2.62 bits per heavy atom. The summed E-state index contributed by atoms with van der Waals surface area (Å²) in [5.74, 6) is 1.55. The van der Waals surface area contributed by atoms with E-state index < -0.39 is 0 Å². The van der Waals surface area contributed by atoms with Gasteiger partial charge < -0.3 is 9.80 Å². The van der Waals surface area contributed by atoms with Gasteiger partial charge in [-0.25, -0.2) is 9.97 Å². The lowest BCUT2D eigenvalue weighted by Gasteiger charge is -2.24. The first-order chi connectivity index (χ1) is 12.2. The summed E-state index contributed by atoms with van der Waals surface area (Å²) in [4.78, 5) is 26.0. The second-order valence-electron chi connectivity index (χ2n) is 8.17. The van der Waals surface area contributed by atoms with E-state index in [-0.39, 0.29) is 17.4 Å². The number of nitrogens with zero attached hydrogens (tertiary/aromatic N) is 5. The maximum absolute atomic E-state index is 13.1. The Morgan fingerprint density at radius 2 is 2.00 bits per heavy atom. The van der Waals surface area contributed by atoms with Gasteiger partial charge in [0.25, 0.3) is 5.91 Å². The minimum absolute atomic E-state index is 0.0299. The SMILES string of the molecule is Cc1nc([C@@H]2CCCN2C(=O)c2cc(C(C)(C)C)[nH]n2)cc(N(C)C)n1. The summed E-state index contributed by atoms with van der Waals surface area (Å²) in [7, 11) is 3.92. The van der Waals surface area contributed by atoms with Crippen LogP contribution in [-0.4, -0.2) is 51.6 Å². The third kappa shape index (κ3) is 3.57. The average molecular weight is 356 g/mol. The van der Waals surface area contributed by atoms with Crippen LogP contribution >= 0.6 is 0 Å². The molecule has 0 aromatic carbocycles. The number of carbonyl (C=O) groups is 1. The molecule has 1 saturated heterocycles. The van der Waals surface area contributed by atoms with Gasteiger partial charge in [-0.3, -0.25) is 9.89 Å². The monoisotopic (exact) mass is 356 g/mol. The summed E-state index contributed by atoms with van der Waals surface area (Å²) in [6.45, 7) is 8.90. The van der Waals surface area contributed by atoms with Gasteiger partial charge in [0.15, 0.2) is 0 Å². The predicted octanol–water partition coefficient (Wildman–Crippen LogP) is 2.85. The minimum Gasteiger partial charge on any atom is -0.363 e. The summed E-state index contributed by atoms with van der Waals surface area (Å²) in [6.07, 6.45) is 1.87. The second kappa shape index (κ2) is 6.70. The van der Waals surface area contributed by atoms with E-state index in [1.54, 1.807) is 0 Å². The first kappa shape index (κ1) is 18.4. The lowest BCUT2D eigenvalue weighted by Crippen LogP contribution is -2.31. The normalized spacial score (nSPS) is 17.6. The Kier molecular flexibility index (Phi) is 4.73. The number of hydrogen-bond donors (Lipinski definition) is 1. The molecular weight excluding hydrogens is 328 g/mol. The first-order valence-electron chi connectivity index (χ1n) is 9.06. The summed E-state index contributed by atoms with van der Waals surface area (Å²) in [5, 5.41) is 7.27. The van der Waals surface area contributed by atoms with E-state index in [0.717, 1.165) is 42.4 Å². The molecule has 7 heteroatoms. The van der Waals surface area contributed by atoms with Gasteiger partial charge >= 0.3 is 0 Å². The Balaban J connectivity index is 1.89. The molecule has 7 nitrogen and oxygen atoms in total. The van der Waals surface area contributed by atoms with Crippen molar-refractivity contribution in [1.82, 2.24) is 25.1 Å². The molecule has 1 atom stereocenters. The molecule has 0 saturated carbocycles. The maximum atomic E-state index is 13.1. The molecule has 0 unspecified atom stereocenters. The van der Waals surface area contributed by atoms with Gasteiger partial charge in [0.1, 0.15) is 17.3 Å². The van der Waals surface area contributed by atoms with Gasteiger partial charge in [-0.2, -0.15) is 5.10 Å². The van der Waals surface area contributed by atoms with Gasteiger partial charge in [-0.05, 0) is 25.8 Å². The van der Waals surface area contributed by atoms with Crippen molar-refractivity contribution >= 4 is 11.7 Å². The lowest BCUT2D eigenvalue weighted by molar-refractivity contribution is 0.0726. The van der Waals surface area contributed by atoms with Crippen molar-refractivity contribution in [2.24, 2.45) is 0 Å². The topological polar surface area (TPSA) is 78.0 Å².